The molecule has 0 atom stereocenters. The molecule has 2 saturated heterocycles. The highest BCUT2D eigenvalue weighted by atomic mass is 35.5. The molecule has 2 aliphatic rings. The van der Waals surface area contributed by atoms with E-state index in [2.05, 4.69) is 21.4 Å². The van der Waals surface area contributed by atoms with Crippen LogP contribution in [0.4, 0.5) is 10.2 Å². The lowest BCUT2D eigenvalue weighted by atomic mass is 9.99. The third-order valence-electron chi connectivity index (χ3n) is 7.95. The first kappa shape index (κ1) is 28.1. The summed E-state index contributed by atoms with van der Waals surface area (Å²) < 4.78 is 22.6. The Bertz CT molecular complexity index is 1650. The molecule has 6 rings (SSSR count). The van der Waals surface area contributed by atoms with Crippen molar-refractivity contribution in [3.05, 3.63) is 60.0 Å². The number of halogens is 2. The van der Waals surface area contributed by atoms with E-state index in [0.29, 0.717) is 60.5 Å². The Labute approximate surface area is 248 Å². The maximum Gasteiger partial charge on any atom is 0.319 e. The molecule has 0 spiro atoms. The number of carbonyl (C=O) groups excluding carboxylic acids is 1. The van der Waals surface area contributed by atoms with Gasteiger partial charge >= 0.3 is 6.01 Å². The van der Waals surface area contributed by atoms with Crippen molar-refractivity contribution in [2.45, 2.75) is 19.3 Å². The van der Waals surface area contributed by atoms with Crippen LogP contribution in [-0.2, 0) is 4.79 Å². The number of hydrogen-bond donors (Lipinski definition) is 1. The maximum absolute atomic E-state index is 16.6. The molecule has 2 fully saturated rings. The minimum absolute atomic E-state index is 0.0295. The van der Waals surface area contributed by atoms with E-state index in [-0.39, 0.29) is 33.8 Å². The summed E-state index contributed by atoms with van der Waals surface area (Å²) in [4.78, 5) is 31.9. The van der Waals surface area contributed by atoms with Crippen LogP contribution in [0.15, 0.2) is 49.2 Å². The van der Waals surface area contributed by atoms with E-state index in [0.717, 1.165) is 19.6 Å². The van der Waals surface area contributed by atoms with Crippen LogP contribution in [0.2, 0.25) is 5.02 Å². The molecule has 1 amide bonds. The molecule has 2 aromatic carbocycles. The number of carbonyl (C=O) groups is 1. The van der Waals surface area contributed by atoms with Crippen molar-refractivity contribution in [1.29, 1.82) is 0 Å². The highest BCUT2D eigenvalue weighted by Crippen LogP contribution is 2.42. The van der Waals surface area contributed by atoms with Crippen molar-refractivity contribution >= 4 is 45.1 Å². The summed E-state index contributed by atoms with van der Waals surface area (Å²) >= 11 is 6.78. The summed E-state index contributed by atoms with van der Waals surface area (Å²) in [6.07, 6.45) is 6.50. The molecule has 2 aromatic heterocycles. The summed E-state index contributed by atoms with van der Waals surface area (Å²) in [5, 5.41) is 11.7. The van der Waals surface area contributed by atoms with Crippen LogP contribution in [0.1, 0.15) is 19.3 Å². The van der Waals surface area contributed by atoms with Gasteiger partial charge in [-0.2, -0.15) is 9.97 Å². The molecule has 0 radical (unpaired) electrons. The van der Waals surface area contributed by atoms with Crippen molar-refractivity contribution in [2.24, 2.45) is 0 Å². The second kappa shape index (κ2) is 12.1. The topological polar surface area (TPSA) is 94.9 Å². The van der Waals surface area contributed by atoms with Gasteiger partial charge in [0.05, 0.1) is 10.5 Å². The zero-order valence-electron chi connectivity index (χ0n) is 23.2. The van der Waals surface area contributed by atoms with Crippen LogP contribution in [-0.4, -0.2) is 88.2 Å². The fourth-order valence-electron chi connectivity index (χ4n) is 5.80. The minimum Gasteiger partial charge on any atom is -0.508 e. The molecule has 42 heavy (non-hydrogen) atoms. The van der Waals surface area contributed by atoms with E-state index >= 15 is 4.39 Å². The summed E-state index contributed by atoms with van der Waals surface area (Å²) in [5.74, 6) is -0.322. The highest BCUT2D eigenvalue weighted by Gasteiger charge is 2.27. The molecule has 0 aliphatic carbocycles. The number of phenolic OH excluding ortho intramolecular Hbond substituents is 1. The van der Waals surface area contributed by atoms with Crippen molar-refractivity contribution in [3.8, 4) is 22.9 Å². The van der Waals surface area contributed by atoms with Crippen molar-refractivity contribution in [2.75, 3.05) is 57.3 Å². The zero-order chi connectivity index (χ0) is 29.2. The van der Waals surface area contributed by atoms with E-state index in [9.17, 15) is 9.90 Å². The quantitative estimate of drug-likeness (QED) is 0.299. The van der Waals surface area contributed by atoms with Crippen LogP contribution < -0.4 is 9.64 Å². The number of fused-ring (bicyclic) bond motifs is 2. The van der Waals surface area contributed by atoms with E-state index in [1.54, 1.807) is 35.4 Å². The summed E-state index contributed by atoms with van der Waals surface area (Å²) in [6.45, 7) is 8.66. The van der Waals surface area contributed by atoms with Gasteiger partial charge in [0.15, 0.2) is 5.82 Å². The Morgan fingerprint density at radius 1 is 1.07 bits per heavy atom. The maximum atomic E-state index is 16.6. The first-order valence-electron chi connectivity index (χ1n) is 14.2. The van der Waals surface area contributed by atoms with Crippen LogP contribution in [0.5, 0.6) is 11.8 Å². The monoisotopic (exact) mass is 590 g/mol. The van der Waals surface area contributed by atoms with Crippen LogP contribution in [0.3, 0.4) is 0 Å². The standard InChI is InChI=1S/C31H32ClFN6O3/c1-2-25(41)38-11-13-39(14-12-38)30-23-19-24(32)26(22-18-21(40)17-20-7-6-8-34-28(20)22)27(33)29(23)35-31(36-30)42-16-15-37-9-4-3-5-10-37/h2,6-8,17-19,40H,1,3-5,9-16H2. The van der Waals surface area contributed by atoms with Crippen molar-refractivity contribution in [1.82, 2.24) is 24.8 Å². The fraction of sp³-hybridized carbons (Fsp3) is 0.355. The number of nitrogens with zero attached hydrogens (tertiary/aromatic N) is 6. The number of amides is 1. The van der Waals surface area contributed by atoms with E-state index in [1.165, 1.54) is 31.4 Å². The molecule has 0 saturated carbocycles. The molecule has 1 N–H and O–H groups in total. The summed E-state index contributed by atoms with van der Waals surface area (Å²) in [6, 6.07) is 8.31. The number of aromatic nitrogens is 3. The lowest BCUT2D eigenvalue weighted by molar-refractivity contribution is -0.126. The molecule has 9 nitrogen and oxygen atoms in total. The van der Waals surface area contributed by atoms with Gasteiger partial charge in [0.25, 0.3) is 0 Å². The smallest absolute Gasteiger partial charge is 0.319 e. The van der Waals surface area contributed by atoms with Gasteiger partial charge in [0, 0.05) is 60.8 Å². The van der Waals surface area contributed by atoms with Crippen LogP contribution in [0.25, 0.3) is 32.9 Å². The third kappa shape index (κ3) is 5.56. The predicted octanol–water partition coefficient (Wildman–Crippen LogP) is 5.04. The Kier molecular flexibility index (Phi) is 8.08. The summed E-state index contributed by atoms with van der Waals surface area (Å²) in [7, 11) is 0. The number of rotatable bonds is 7. The largest absolute Gasteiger partial charge is 0.508 e. The highest BCUT2D eigenvalue weighted by molar-refractivity contribution is 6.35. The van der Waals surface area contributed by atoms with Gasteiger partial charge in [-0.3, -0.25) is 14.7 Å². The number of piperidine rings is 1. The Hall–Kier alpha value is -4.02. The summed E-state index contributed by atoms with van der Waals surface area (Å²) in [5.41, 5.74) is 1.02. The number of aromatic hydroxyl groups is 1. The normalized spacial score (nSPS) is 16.2. The van der Waals surface area contributed by atoms with E-state index < -0.39 is 5.82 Å². The number of ether oxygens (including phenoxy) is 1. The van der Waals surface area contributed by atoms with Crippen molar-refractivity contribution in [3.63, 3.8) is 0 Å². The van der Waals surface area contributed by atoms with Gasteiger partial charge < -0.3 is 19.6 Å². The Morgan fingerprint density at radius 2 is 1.86 bits per heavy atom. The molecule has 4 heterocycles. The molecule has 0 unspecified atom stereocenters. The Balaban J connectivity index is 1.42. The SMILES string of the molecule is C=CC(=O)N1CCN(c2nc(OCCN3CCCCC3)nc3c(F)c(-c4cc(O)cc5cccnc45)c(Cl)cc23)CC1. The lowest BCUT2D eigenvalue weighted by Crippen LogP contribution is -2.48. The first-order chi connectivity index (χ1) is 20.4. The fourth-order valence-corrected chi connectivity index (χ4v) is 6.09. The van der Waals surface area contributed by atoms with Gasteiger partial charge in [-0.25, -0.2) is 4.39 Å². The number of benzene rings is 2. The van der Waals surface area contributed by atoms with Crippen molar-refractivity contribution < 1.29 is 19.0 Å². The van der Waals surface area contributed by atoms with Gasteiger partial charge in [0.1, 0.15) is 23.7 Å². The second-order valence-electron chi connectivity index (χ2n) is 10.6. The van der Waals surface area contributed by atoms with E-state index in [4.69, 9.17) is 21.3 Å². The van der Waals surface area contributed by atoms with E-state index in [1.807, 2.05) is 4.90 Å². The van der Waals surface area contributed by atoms with Crippen LogP contribution >= 0.6 is 11.6 Å². The molecular formula is C31H32ClFN6O3. The molecule has 218 valence electrons. The molecular weight excluding hydrogens is 559 g/mol. The number of phenols is 1. The number of pyridine rings is 1. The number of hydrogen-bond acceptors (Lipinski definition) is 8. The number of anilines is 1. The number of piperazine rings is 1. The average molecular weight is 591 g/mol. The van der Waals surface area contributed by atoms with Crippen LogP contribution in [0, 0.1) is 5.82 Å². The average Bonchev–Trinajstić information content (AvgIpc) is 3.01. The first-order valence-corrected chi connectivity index (χ1v) is 14.6. The predicted molar refractivity (Wildman–Crippen MR) is 162 cm³/mol. The molecule has 0 bridgehead atoms. The van der Waals surface area contributed by atoms with Gasteiger partial charge in [-0.1, -0.05) is 30.7 Å². The van der Waals surface area contributed by atoms with Gasteiger partial charge in [-0.05, 0) is 56.3 Å². The van der Waals surface area contributed by atoms with Gasteiger partial charge in [-0.15, -0.1) is 0 Å². The molecule has 11 heteroatoms. The Morgan fingerprint density at radius 3 is 2.62 bits per heavy atom. The van der Waals surface area contributed by atoms with Gasteiger partial charge in [0.2, 0.25) is 5.91 Å². The minimum atomic E-state index is -0.653. The number of likely N-dealkylation sites (tertiary alicyclic amines) is 1. The lowest BCUT2D eigenvalue weighted by Gasteiger charge is -2.35. The molecule has 4 aromatic rings. The molecule has 2 aliphatic heterocycles. The second-order valence-corrected chi connectivity index (χ2v) is 11.0. The third-order valence-corrected chi connectivity index (χ3v) is 8.25. The zero-order valence-corrected chi connectivity index (χ0v) is 24.0.